The second-order valence-electron chi connectivity index (χ2n) is 5.38. The summed E-state index contributed by atoms with van der Waals surface area (Å²) in [6.45, 7) is 5.32. The van der Waals surface area contributed by atoms with Gasteiger partial charge in [0, 0.05) is 37.3 Å². The average Bonchev–Trinajstić information content (AvgIpc) is 2.96. The van der Waals surface area contributed by atoms with Crippen molar-refractivity contribution in [3.05, 3.63) is 30.1 Å². The van der Waals surface area contributed by atoms with Crippen LogP contribution in [0.3, 0.4) is 0 Å². The van der Waals surface area contributed by atoms with Crippen molar-refractivity contribution in [1.82, 2.24) is 15.5 Å². The van der Waals surface area contributed by atoms with Crippen LogP contribution in [0.4, 0.5) is 5.69 Å². The predicted molar refractivity (Wildman–Crippen MR) is 92.8 cm³/mol. The number of anilines is 1. The van der Waals surface area contributed by atoms with Crippen molar-refractivity contribution in [2.24, 2.45) is 0 Å². The summed E-state index contributed by atoms with van der Waals surface area (Å²) in [6.07, 6.45) is 1.90. The number of benzene rings is 1. The fourth-order valence-corrected chi connectivity index (χ4v) is 2.15. The van der Waals surface area contributed by atoms with Crippen molar-refractivity contribution in [3.63, 3.8) is 0 Å². The highest BCUT2D eigenvalue weighted by molar-refractivity contribution is 5.85. The largest absolute Gasteiger partial charge is 0.375 e. The number of hydrogen-bond acceptors (Lipinski definition) is 5. The molecule has 0 saturated heterocycles. The minimum Gasteiger partial charge on any atom is -0.375 e. The Kier molecular flexibility index (Phi) is 7.35. The molecule has 0 radical (unpaired) electrons. The lowest BCUT2D eigenvalue weighted by atomic mass is 10.2. The summed E-state index contributed by atoms with van der Waals surface area (Å²) in [5.74, 6) is 1.32. The molecule has 0 amide bonds. The van der Waals surface area contributed by atoms with Gasteiger partial charge in [-0.25, -0.2) is 0 Å². The number of nitrogens with one attached hydrogen (secondary N) is 1. The van der Waals surface area contributed by atoms with Crippen molar-refractivity contribution < 1.29 is 4.52 Å². The normalized spacial score (nSPS) is 11.8. The Labute approximate surface area is 138 Å². The van der Waals surface area contributed by atoms with E-state index in [0.717, 1.165) is 30.8 Å². The van der Waals surface area contributed by atoms with Crippen LogP contribution in [0.5, 0.6) is 0 Å². The first-order valence-corrected chi connectivity index (χ1v) is 7.45. The van der Waals surface area contributed by atoms with Gasteiger partial charge in [0.2, 0.25) is 0 Å². The van der Waals surface area contributed by atoms with Gasteiger partial charge in [-0.05, 0) is 44.7 Å². The Morgan fingerprint density at radius 3 is 2.55 bits per heavy atom. The molecule has 1 unspecified atom stereocenters. The maximum atomic E-state index is 5.34. The van der Waals surface area contributed by atoms with Gasteiger partial charge in [-0.2, -0.15) is 4.98 Å². The molecule has 0 bridgehead atoms. The maximum absolute atomic E-state index is 5.34. The number of halogens is 1. The Balaban J connectivity index is 0.00000242. The molecule has 0 aliphatic heterocycles. The molecule has 122 valence electrons. The third-order valence-corrected chi connectivity index (χ3v) is 3.56. The molecule has 0 saturated carbocycles. The van der Waals surface area contributed by atoms with E-state index in [1.807, 2.05) is 19.2 Å². The topological polar surface area (TPSA) is 54.2 Å². The second-order valence-corrected chi connectivity index (χ2v) is 5.38. The van der Waals surface area contributed by atoms with Crippen molar-refractivity contribution >= 4 is 18.1 Å². The number of likely N-dealkylation sites (N-methyl/N-ethyl adjacent to an activating group) is 1. The summed E-state index contributed by atoms with van der Waals surface area (Å²) in [5.41, 5.74) is 2.16. The van der Waals surface area contributed by atoms with Crippen LogP contribution in [0.25, 0.3) is 11.5 Å². The van der Waals surface area contributed by atoms with Crippen LogP contribution in [0.1, 0.15) is 26.1 Å². The van der Waals surface area contributed by atoms with Crippen LogP contribution in [0.2, 0.25) is 0 Å². The Morgan fingerprint density at radius 1 is 1.27 bits per heavy atom. The molecule has 0 aliphatic rings. The predicted octanol–water partition coefficient (Wildman–Crippen LogP) is 3.16. The van der Waals surface area contributed by atoms with Gasteiger partial charge >= 0.3 is 0 Å². The van der Waals surface area contributed by atoms with Gasteiger partial charge < -0.3 is 14.7 Å². The Morgan fingerprint density at radius 2 is 1.95 bits per heavy atom. The molecule has 5 nitrogen and oxygen atoms in total. The van der Waals surface area contributed by atoms with Crippen molar-refractivity contribution in [2.75, 3.05) is 25.5 Å². The smallest absolute Gasteiger partial charge is 0.257 e. The SMILES string of the molecule is CCCN(C)c1ccc(-c2nc(CC(C)NC)no2)cc1.Cl. The molecule has 1 aromatic carbocycles. The molecular weight excluding hydrogens is 300 g/mol. The lowest BCUT2D eigenvalue weighted by Crippen LogP contribution is -2.24. The molecule has 2 rings (SSSR count). The van der Waals surface area contributed by atoms with E-state index in [4.69, 9.17) is 4.52 Å². The van der Waals surface area contributed by atoms with E-state index in [1.54, 1.807) is 0 Å². The Bertz CT molecular complexity index is 556. The van der Waals surface area contributed by atoms with Gasteiger partial charge in [-0.3, -0.25) is 0 Å². The number of rotatable bonds is 7. The summed E-state index contributed by atoms with van der Waals surface area (Å²) in [5, 5.41) is 7.20. The third-order valence-electron chi connectivity index (χ3n) is 3.56. The van der Waals surface area contributed by atoms with Gasteiger partial charge in [-0.1, -0.05) is 12.1 Å². The standard InChI is InChI=1S/C16H24N4O.ClH/c1-5-10-20(4)14-8-6-13(7-9-14)16-18-15(19-21-16)11-12(2)17-3;/h6-9,12,17H,5,10-11H2,1-4H3;1H. The van der Waals surface area contributed by atoms with Gasteiger partial charge in [0.25, 0.3) is 5.89 Å². The van der Waals surface area contributed by atoms with Gasteiger partial charge in [0.05, 0.1) is 0 Å². The highest BCUT2D eigenvalue weighted by Crippen LogP contribution is 2.21. The minimum atomic E-state index is 0. The zero-order chi connectivity index (χ0) is 15.2. The summed E-state index contributed by atoms with van der Waals surface area (Å²) < 4.78 is 5.34. The minimum absolute atomic E-state index is 0. The van der Waals surface area contributed by atoms with E-state index in [2.05, 4.69) is 53.4 Å². The van der Waals surface area contributed by atoms with Crippen molar-refractivity contribution in [3.8, 4) is 11.5 Å². The van der Waals surface area contributed by atoms with Crippen molar-refractivity contribution in [2.45, 2.75) is 32.7 Å². The van der Waals surface area contributed by atoms with Gasteiger partial charge in [0.15, 0.2) is 5.82 Å². The zero-order valence-electron chi connectivity index (χ0n) is 13.7. The molecule has 1 heterocycles. The first kappa shape index (κ1) is 18.5. The molecule has 1 N–H and O–H groups in total. The van der Waals surface area contributed by atoms with E-state index < -0.39 is 0 Å². The maximum Gasteiger partial charge on any atom is 0.257 e. The molecule has 22 heavy (non-hydrogen) atoms. The monoisotopic (exact) mass is 324 g/mol. The summed E-state index contributed by atoms with van der Waals surface area (Å²) in [6, 6.07) is 8.57. The van der Waals surface area contributed by atoms with E-state index in [9.17, 15) is 0 Å². The molecule has 1 aromatic heterocycles. The summed E-state index contributed by atoms with van der Waals surface area (Å²) >= 11 is 0. The molecule has 2 aromatic rings. The van der Waals surface area contributed by atoms with E-state index >= 15 is 0 Å². The van der Waals surface area contributed by atoms with Crippen LogP contribution in [0.15, 0.2) is 28.8 Å². The molecule has 6 heteroatoms. The first-order chi connectivity index (χ1) is 10.1. The van der Waals surface area contributed by atoms with E-state index in [-0.39, 0.29) is 12.4 Å². The fourth-order valence-electron chi connectivity index (χ4n) is 2.15. The second kappa shape index (κ2) is 8.76. The first-order valence-electron chi connectivity index (χ1n) is 7.45. The van der Waals surface area contributed by atoms with E-state index in [1.165, 1.54) is 5.69 Å². The number of nitrogens with zero attached hydrogens (tertiary/aromatic N) is 3. The van der Waals surface area contributed by atoms with Gasteiger partial charge in [0.1, 0.15) is 0 Å². The molecular formula is C16H25ClN4O. The fraction of sp³-hybridized carbons (Fsp3) is 0.500. The lowest BCUT2D eigenvalue weighted by Gasteiger charge is -2.18. The van der Waals surface area contributed by atoms with Crippen molar-refractivity contribution in [1.29, 1.82) is 0 Å². The zero-order valence-corrected chi connectivity index (χ0v) is 14.5. The van der Waals surface area contributed by atoms with Crippen LogP contribution in [-0.4, -0.2) is 36.8 Å². The highest BCUT2D eigenvalue weighted by Gasteiger charge is 2.11. The number of aromatic nitrogens is 2. The van der Waals surface area contributed by atoms with Crippen LogP contribution >= 0.6 is 12.4 Å². The summed E-state index contributed by atoms with van der Waals surface area (Å²) in [7, 11) is 4.03. The highest BCUT2D eigenvalue weighted by atomic mass is 35.5. The Hall–Kier alpha value is -1.59. The quantitative estimate of drug-likeness (QED) is 0.848. The summed E-state index contributed by atoms with van der Waals surface area (Å²) in [4.78, 5) is 6.68. The van der Waals surface area contributed by atoms with E-state index in [0.29, 0.717) is 11.9 Å². The van der Waals surface area contributed by atoms with Crippen LogP contribution in [-0.2, 0) is 6.42 Å². The molecule has 0 aliphatic carbocycles. The van der Waals surface area contributed by atoms with Gasteiger partial charge in [-0.15, -0.1) is 12.4 Å². The molecule has 0 spiro atoms. The average molecular weight is 325 g/mol. The van der Waals surface area contributed by atoms with Crippen LogP contribution in [0, 0.1) is 0 Å². The molecule has 0 fully saturated rings. The lowest BCUT2D eigenvalue weighted by molar-refractivity contribution is 0.418. The van der Waals surface area contributed by atoms with Crippen LogP contribution < -0.4 is 10.2 Å². The number of hydrogen-bond donors (Lipinski definition) is 1. The third kappa shape index (κ3) is 4.71. The molecule has 1 atom stereocenters.